The Hall–Kier alpha value is -2.67. The van der Waals surface area contributed by atoms with Crippen molar-refractivity contribution in [3.8, 4) is 0 Å². The molecule has 0 unspecified atom stereocenters. The van der Waals surface area contributed by atoms with Crippen LogP contribution in [0, 0.1) is 10.1 Å². The number of aromatic nitrogens is 1. The minimum absolute atomic E-state index is 0.0845. The van der Waals surface area contributed by atoms with E-state index in [2.05, 4.69) is 10.3 Å². The van der Waals surface area contributed by atoms with Crippen LogP contribution in [0.15, 0.2) is 41.3 Å². The zero-order chi connectivity index (χ0) is 14.7. The van der Waals surface area contributed by atoms with Crippen LogP contribution in [0.2, 0.25) is 5.02 Å². The van der Waals surface area contributed by atoms with Gasteiger partial charge in [0, 0.05) is 29.6 Å². The molecule has 1 amide bonds. The van der Waals surface area contributed by atoms with Crippen molar-refractivity contribution in [2.75, 3.05) is 5.32 Å². The number of halogens is 1. The van der Waals surface area contributed by atoms with Crippen LogP contribution in [0.1, 0.15) is 10.4 Å². The van der Waals surface area contributed by atoms with Crippen LogP contribution < -0.4 is 10.9 Å². The molecular weight excluding hydrogens is 286 g/mol. The lowest BCUT2D eigenvalue weighted by molar-refractivity contribution is -0.384. The minimum atomic E-state index is -0.620. The maximum atomic E-state index is 11.9. The minimum Gasteiger partial charge on any atom is -0.329 e. The van der Waals surface area contributed by atoms with Crippen molar-refractivity contribution < 1.29 is 9.72 Å². The number of nitro groups is 1. The normalized spacial score (nSPS) is 10.1. The molecule has 1 heterocycles. The fraction of sp³-hybridized carbons (Fsp3) is 0. The van der Waals surface area contributed by atoms with Gasteiger partial charge in [-0.1, -0.05) is 11.6 Å². The quantitative estimate of drug-likeness (QED) is 0.668. The first-order chi connectivity index (χ1) is 9.47. The summed E-state index contributed by atoms with van der Waals surface area (Å²) < 4.78 is 0. The number of hydrogen-bond donors (Lipinski definition) is 2. The number of nitrogens with zero attached hydrogens (tertiary/aromatic N) is 1. The van der Waals surface area contributed by atoms with Gasteiger partial charge in [0.05, 0.1) is 4.92 Å². The van der Waals surface area contributed by atoms with E-state index in [1.54, 1.807) is 0 Å². The number of hydrogen-bond acceptors (Lipinski definition) is 4. The Kier molecular flexibility index (Phi) is 3.81. The highest BCUT2D eigenvalue weighted by molar-refractivity contribution is 6.33. The van der Waals surface area contributed by atoms with E-state index in [9.17, 15) is 19.7 Å². The highest BCUT2D eigenvalue weighted by Gasteiger charge is 2.13. The topological polar surface area (TPSA) is 105 Å². The smallest absolute Gasteiger partial charge is 0.288 e. The van der Waals surface area contributed by atoms with Crippen molar-refractivity contribution in [1.82, 2.24) is 4.98 Å². The molecular formula is C12H8ClN3O4. The van der Waals surface area contributed by atoms with Gasteiger partial charge in [-0.05, 0) is 18.2 Å². The van der Waals surface area contributed by atoms with Crippen LogP contribution in [0.3, 0.4) is 0 Å². The molecule has 20 heavy (non-hydrogen) atoms. The van der Waals surface area contributed by atoms with Crippen molar-refractivity contribution >= 4 is 28.9 Å². The van der Waals surface area contributed by atoms with E-state index >= 15 is 0 Å². The Labute approximate surface area is 117 Å². The van der Waals surface area contributed by atoms with Gasteiger partial charge >= 0.3 is 0 Å². The number of amides is 1. The number of anilines is 1. The molecule has 0 aliphatic rings. The zero-order valence-corrected chi connectivity index (χ0v) is 10.7. The number of carbonyl (C=O) groups is 1. The van der Waals surface area contributed by atoms with Crippen molar-refractivity contribution in [2.24, 2.45) is 0 Å². The van der Waals surface area contributed by atoms with Gasteiger partial charge in [0.1, 0.15) is 5.02 Å². The predicted octanol–water partition coefficient (Wildman–Crippen LogP) is 2.19. The molecule has 2 N–H and O–H groups in total. The van der Waals surface area contributed by atoms with E-state index in [4.69, 9.17) is 11.6 Å². The summed E-state index contributed by atoms with van der Waals surface area (Å²) in [6.45, 7) is 0. The summed E-state index contributed by atoms with van der Waals surface area (Å²) in [5.74, 6) is -0.513. The monoisotopic (exact) mass is 293 g/mol. The third kappa shape index (κ3) is 3.01. The van der Waals surface area contributed by atoms with Gasteiger partial charge in [0.2, 0.25) is 5.56 Å². The third-order valence-corrected chi connectivity index (χ3v) is 2.74. The van der Waals surface area contributed by atoms with Crippen molar-refractivity contribution in [2.45, 2.75) is 0 Å². The number of carbonyl (C=O) groups excluding carboxylic acids is 1. The number of pyridine rings is 1. The largest absolute Gasteiger partial charge is 0.329 e. The second kappa shape index (κ2) is 5.54. The summed E-state index contributed by atoms with van der Waals surface area (Å²) in [5.41, 5.74) is -0.186. The summed E-state index contributed by atoms with van der Waals surface area (Å²) in [6, 6.07) is 6.39. The van der Waals surface area contributed by atoms with E-state index < -0.39 is 16.4 Å². The van der Waals surface area contributed by atoms with E-state index in [0.717, 1.165) is 6.07 Å². The molecule has 0 saturated heterocycles. The Morgan fingerprint density at radius 1 is 1.30 bits per heavy atom. The van der Waals surface area contributed by atoms with Crippen molar-refractivity contribution in [3.63, 3.8) is 0 Å². The molecule has 8 heteroatoms. The highest BCUT2D eigenvalue weighted by atomic mass is 35.5. The van der Waals surface area contributed by atoms with Gasteiger partial charge in [-0.15, -0.1) is 0 Å². The maximum Gasteiger partial charge on any atom is 0.288 e. The van der Waals surface area contributed by atoms with Gasteiger partial charge in [-0.25, -0.2) is 0 Å². The zero-order valence-electron chi connectivity index (χ0n) is 9.92. The first-order valence-corrected chi connectivity index (χ1v) is 5.79. The molecule has 102 valence electrons. The molecule has 1 aromatic carbocycles. The molecule has 7 nitrogen and oxygen atoms in total. The standard InChI is InChI=1S/C12H8ClN3O4/c13-9-6-8(1-2-10(9)16(19)20)15-12(18)7-3-4-14-11(17)5-7/h1-6H,(H,14,17)(H,15,18). The molecule has 2 aromatic rings. The van der Waals surface area contributed by atoms with Gasteiger partial charge < -0.3 is 10.3 Å². The average molecular weight is 294 g/mol. The predicted molar refractivity (Wildman–Crippen MR) is 73.1 cm³/mol. The van der Waals surface area contributed by atoms with Gasteiger partial charge in [-0.3, -0.25) is 19.7 Å². The molecule has 1 aromatic heterocycles. The summed E-state index contributed by atoms with van der Waals surface area (Å²) in [6.07, 6.45) is 1.35. The second-order valence-electron chi connectivity index (χ2n) is 3.82. The van der Waals surface area contributed by atoms with Crippen LogP contribution in [0.25, 0.3) is 0 Å². The van der Waals surface area contributed by atoms with Gasteiger partial charge in [0.15, 0.2) is 0 Å². The molecule has 0 aliphatic carbocycles. The molecule has 0 saturated carbocycles. The van der Waals surface area contributed by atoms with E-state index in [1.165, 1.54) is 30.5 Å². The van der Waals surface area contributed by atoms with Crippen molar-refractivity contribution in [1.29, 1.82) is 0 Å². The molecule has 2 rings (SSSR count). The second-order valence-corrected chi connectivity index (χ2v) is 4.23. The van der Waals surface area contributed by atoms with E-state index in [0.29, 0.717) is 5.69 Å². The molecule has 0 radical (unpaired) electrons. The number of rotatable bonds is 3. The van der Waals surface area contributed by atoms with Crippen LogP contribution in [-0.4, -0.2) is 15.8 Å². The Morgan fingerprint density at radius 3 is 2.65 bits per heavy atom. The maximum absolute atomic E-state index is 11.9. The Balaban J connectivity index is 2.22. The summed E-state index contributed by atoms with van der Waals surface area (Å²) in [4.78, 5) is 35.3. The van der Waals surface area contributed by atoms with Crippen LogP contribution >= 0.6 is 11.6 Å². The first kappa shape index (κ1) is 13.8. The Bertz CT molecular complexity index is 741. The summed E-state index contributed by atoms with van der Waals surface area (Å²) in [5, 5.41) is 13.0. The van der Waals surface area contributed by atoms with Gasteiger partial charge in [-0.2, -0.15) is 0 Å². The molecule has 0 bridgehead atoms. The van der Waals surface area contributed by atoms with E-state index in [1.807, 2.05) is 0 Å². The summed E-state index contributed by atoms with van der Waals surface area (Å²) in [7, 11) is 0. The number of benzene rings is 1. The van der Waals surface area contributed by atoms with Crippen molar-refractivity contribution in [3.05, 3.63) is 67.6 Å². The fourth-order valence-corrected chi connectivity index (χ4v) is 1.77. The lowest BCUT2D eigenvalue weighted by Crippen LogP contribution is -2.15. The first-order valence-electron chi connectivity index (χ1n) is 5.41. The van der Waals surface area contributed by atoms with E-state index in [-0.39, 0.29) is 16.3 Å². The fourth-order valence-electron chi connectivity index (χ4n) is 1.52. The average Bonchev–Trinajstić information content (AvgIpc) is 2.38. The lowest BCUT2D eigenvalue weighted by atomic mass is 10.2. The van der Waals surface area contributed by atoms with Gasteiger partial charge in [0.25, 0.3) is 11.6 Å². The highest BCUT2D eigenvalue weighted by Crippen LogP contribution is 2.27. The van der Waals surface area contributed by atoms with Crippen LogP contribution in [0.4, 0.5) is 11.4 Å². The molecule has 0 spiro atoms. The van der Waals surface area contributed by atoms with Crippen LogP contribution in [-0.2, 0) is 0 Å². The Morgan fingerprint density at radius 2 is 2.05 bits per heavy atom. The summed E-state index contributed by atoms with van der Waals surface area (Å²) >= 11 is 5.73. The number of nitrogens with one attached hydrogen (secondary N) is 2. The SMILES string of the molecule is O=C(Nc1ccc([N+](=O)[O-])c(Cl)c1)c1cc[nH]c(=O)c1. The third-order valence-electron chi connectivity index (χ3n) is 2.44. The van der Waals surface area contributed by atoms with Crippen LogP contribution in [0.5, 0.6) is 0 Å². The molecule has 0 aliphatic heterocycles. The molecule has 0 atom stereocenters. The number of nitro benzene ring substituents is 1. The molecule has 0 fully saturated rings. The number of H-pyrrole nitrogens is 1. The lowest BCUT2D eigenvalue weighted by Gasteiger charge is -2.05. The number of aromatic amines is 1.